The second-order valence-corrected chi connectivity index (χ2v) is 6.01. The van der Waals surface area contributed by atoms with Crippen molar-refractivity contribution in [1.82, 2.24) is 4.90 Å². The SMILES string of the molecule is CN(Cc1ccccc1Br)C(=O)COc1ccc(C(F)(F)F)cc1. The van der Waals surface area contributed by atoms with E-state index in [0.29, 0.717) is 6.54 Å². The first kappa shape index (κ1) is 18.3. The van der Waals surface area contributed by atoms with E-state index >= 15 is 0 Å². The smallest absolute Gasteiger partial charge is 0.416 e. The van der Waals surface area contributed by atoms with Crippen LogP contribution in [-0.4, -0.2) is 24.5 Å². The summed E-state index contributed by atoms with van der Waals surface area (Å²) < 4.78 is 43.6. The van der Waals surface area contributed by atoms with E-state index < -0.39 is 11.7 Å². The summed E-state index contributed by atoms with van der Waals surface area (Å²) in [4.78, 5) is 13.6. The molecule has 1 amide bonds. The first-order valence-corrected chi connectivity index (χ1v) is 7.84. The summed E-state index contributed by atoms with van der Waals surface area (Å²) in [7, 11) is 1.64. The molecule has 24 heavy (non-hydrogen) atoms. The lowest BCUT2D eigenvalue weighted by Gasteiger charge is -2.18. The van der Waals surface area contributed by atoms with E-state index in [1.807, 2.05) is 24.3 Å². The molecule has 0 saturated carbocycles. The van der Waals surface area contributed by atoms with Crippen molar-refractivity contribution < 1.29 is 22.7 Å². The molecule has 0 atom stereocenters. The lowest BCUT2D eigenvalue weighted by Crippen LogP contribution is -2.31. The normalized spacial score (nSPS) is 11.2. The number of likely N-dealkylation sites (N-methyl/N-ethyl adjacent to an activating group) is 1. The highest BCUT2D eigenvalue weighted by Crippen LogP contribution is 2.30. The van der Waals surface area contributed by atoms with Crippen molar-refractivity contribution in [2.24, 2.45) is 0 Å². The second-order valence-electron chi connectivity index (χ2n) is 5.15. The number of hydrogen-bond donors (Lipinski definition) is 0. The third-order valence-corrected chi connectivity index (χ3v) is 4.11. The largest absolute Gasteiger partial charge is 0.484 e. The molecule has 0 spiro atoms. The maximum absolute atomic E-state index is 12.5. The molecular weight excluding hydrogens is 387 g/mol. The van der Waals surface area contributed by atoms with Crippen LogP contribution in [0.3, 0.4) is 0 Å². The van der Waals surface area contributed by atoms with E-state index in [9.17, 15) is 18.0 Å². The van der Waals surface area contributed by atoms with Crippen LogP contribution in [0.15, 0.2) is 53.0 Å². The van der Waals surface area contributed by atoms with Crippen LogP contribution in [0, 0.1) is 0 Å². The summed E-state index contributed by atoms with van der Waals surface area (Å²) in [6.07, 6.45) is -4.39. The monoisotopic (exact) mass is 401 g/mol. The molecule has 0 aromatic heterocycles. The van der Waals surface area contributed by atoms with Crippen molar-refractivity contribution in [2.45, 2.75) is 12.7 Å². The molecule has 2 aromatic carbocycles. The Bertz CT molecular complexity index is 702. The van der Waals surface area contributed by atoms with Gasteiger partial charge in [-0.1, -0.05) is 34.1 Å². The van der Waals surface area contributed by atoms with Gasteiger partial charge in [-0.2, -0.15) is 13.2 Å². The Kier molecular flexibility index (Phi) is 5.88. The van der Waals surface area contributed by atoms with Crippen LogP contribution in [0.25, 0.3) is 0 Å². The maximum atomic E-state index is 12.5. The predicted molar refractivity (Wildman–Crippen MR) is 87.6 cm³/mol. The summed E-state index contributed by atoms with van der Waals surface area (Å²) in [5, 5.41) is 0. The number of amides is 1. The van der Waals surface area contributed by atoms with Crippen LogP contribution < -0.4 is 4.74 Å². The zero-order valence-electron chi connectivity index (χ0n) is 12.8. The van der Waals surface area contributed by atoms with Gasteiger partial charge in [0.25, 0.3) is 5.91 Å². The van der Waals surface area contributed by atoms with Gasteiger partial charge in [-0.15, -0.1) is 0 Å². The summed E-state index contributed by atoms with van der Waals surface area (Å²) in [6.45, 7) is 0.156. The molecule has 7 heteroatoms. The van der Waals surface area contributed by atoms with Gasteiger partial charge >= 0.3 is 6.18 Å². The van der Waals surface area contributed by atoms with Gasteiger partial charge in [0.05, 0.1) is 5.56 Å². The summed E-state index contributed by atoms with van der Waals surface area (Å²) in [6, 6.07) is 11.8. The average molecular weight is 402 g/mol. The highest BCUT2D eigenvalue weighted by atomic mass is 79.9. The highest BCUT2D eigenvalue weighted by molar-refractivity contribution is 9.10. The lowest BCUT2D eigenvalue weighted by atomic mass is 10.2. The average Bonchev–Trinajstić information content (AvgIpc) is 2.54. The van der Waals surface area contributed by atoms with Crippen molar-refractivity contribution in [3.8, 4) is 5.75 Å². The fraction of sp³-hybridized carbons (Fsp3) is 0.235. The number of hydrogen-bond acceptors (Lipinski definition) is 2. The van der Waals surface area contributed by atoms with Gasteiger partial charge in [0.1, 0.15) is 5.75 Å². The Morgan fingerprint density at radius 3 is 2.33 bits per heavy atom. The first-order chi connectivity index (χ1) is 11.3. The van der Waals surface area contributed by atoms with Crippen LogP contribution in [0.5, 0.6) is 5.75 Å². The minimum atomic E-state index is -4.39. The Labute approximate surface area is 146 Å². The van der Waals surface area contributed by atoms with E-state index in [1.165, 1.54) is 17.0 Å². The fourth-order valence-electron chi connectivity index (χ4n) is 1.97. The van der Waals surface area contributed by atoms with Crippen molar-refractivity contribution in [2.75, 3.05) is 13.7 Å². The quantitative estimate of drug-likeness (QED) is 0.737. The van der Waals surface area contributed by atoms with Crippen molar-refractivity contribution in [3.63, 3.8) is 0 Å². The van der Waals surface area contributed by atoms with Crippen molar-refractivity contribution in [3.05, 3.63) is 64.1 Å². The van der Waals surface area contributed by atoms with Crippen molar-refractivity contribution in [1.29, 1.82) is 0 Å². The minimum absolute atomic E-state index is 0.214. The Morgan fingerprint density at radius 1 is 1.12 bits per heavy atom. The Balaban J connectivity index is 1.89. The Hall–Kier alpha value is -2.02. The first-order valence-electron chi connectivity index (χ1n) is 7.05. The van der Waals surface area contributed by atoms with Crippen LogP contribution >= 0.6 is 15.9 Å². The molecule has 0 saturated heterocycles. The van der Waals surface area contributed by atoms with E-state index in [0.717, 1.165) is 22.2 Å². The van der Waals surface area contributed by atoms with E-state index in [2.05, 4.69) is 15.9 Å². The highest BCUT2D eigenvalue weighted by Gasteiger charge is 2.30. The molecule has 0 N–H and O–H groups in total. The third kappa shape index (κ3) is 4.99. The van der Waals surface area contributed by atoms with E-state index in [-0.39, 0.29) is 18.3 Å². The predicted octanol–water partition coefficient (Wildman–Crippen LogP) is 4.51. The van der Waals surface area contributed by atoms with Crippen LogP contribution in [0.2, 0.25) is 0 Å². The molecule has 0 heterocycles. The van der Waals surface area contributed by atoms with E-state index in [4.69, 9.17) is 4.74 Å². The molecule has 0 unspecified atom stereocenters. The van der Waals surface area contributed by atoms with Crippen LogP contribution in [0.4, 0.5) is 13.2 Å². The van der Waals surface area contributed by atoms with Gasteiger partial charge in [-0.05, 0) is 35.9 Å². The molecule has 0 aliphatic carbocycles. The summed E-state index contributed by atoms with van der Waals surface area (Å²) in [5.74, 6) is -0.0590. The molecule has 0 radical (unpaired) electrons. The van der Waals surface area contributed by atoms with E-state index in [1.54, 1.807) is 7.05 Å². The molecule has 0 aliphatic rings. The van der Waals surface area contributed by atoms with Gasteiger partial charge in [0.2, 0.25) is 0 Å². The Morgan fingerprint density at radius 2 is 1.75 bits per heavy atom. The molecule has 0 fully saturated rings. The molecule has 128 valence electrons. The molecule has 0 aliphatic heterocycles. The van der Waals surface area contributed by atoms with Crippen LogP contribution in [0.1, 0.15) is 11.1 Å². The van der Waals surface area contributed by atoms with Gasteiger partial charge < -0.3 is 9.64 Å². The number of alkyl halides is 3. The number of halogens is 4. The topological polar surface area (TPSA) is 29.5 Å². The number of carbonyl (C=O) groups excluding carboxylic acids is 1. The molecule has 3 nitrogen and oxygen atoms in total. The number of ether oxygens (including phenoxy) is 1. The maximum Gasteiger partial charge on any atom is 0.416 e. The van der Waals surface area contributed by atoms with Crippen LogP contribution in [-0.2, 0) is 17.5 Å². The summed E-state index contributed by atoms with van der Waals surface area (Å²) >= 11 is 3.41. The number of carbonyl (C=O) groups is 1. The lowest BCUT2D eigenvalue weighted by molar-refractivity contribution is -0.137. The zero-order valence-corrected chi connectivity index (χ0v) is 14.4. The molecule has 2 rings (SSSR count). The standard InChI is InChI=1S/C17H15BrF3NO2/c1-22(10-12-4-2-3-5-15(12)18)16(23)11-24-14-8-6-13(7-9-14)17(19,20)21/h2-9H,10-11H2,1H3. The minimum Gasteiger partial charge on any atom is -0.484 e. The van der Waals surface area contributed by atoms with Gasteiger partial charge in [0.15, 0.2) is 6.61 Å². The van der Waals surface area contributed by atoms with Gasteiger partial charge in [0, 0.05) is 18.1 Å². The number of nitrogens with zero attached hydrogens (tertiary/aromatic N) is 1. The third-order valence-electron chi connectivity index (χ3n) is 3.34. The van der Waals surface area contributed by atoms with Crippen molar-refractivity contribution >= 4 is 21.8 Å². The molecule has 0 bridgehead atoms. The number of benzene rings is 2. The molecular formula is C17H15BrF3NO2. The van der Waals surface area contributed by atoms with Gasteiger partial charge in [-0.25, -0.2) is 0 Å². The number of rotatable bonds is 5. The summed E-state index contributed by atoms with van der Waals surface area (Å²) in [5.41, 5.74) is 0.190. The van der Waals surface area contributed by atoms with Gasteiger partial charge in [-0.3, -0.25) is 4.79 Å². The fourth-order valence-corrected chi connectivity index (χ4v) is 2.38. The second kappa shape index (κ2) is 7.70. The zero-order chi connectivity index (χ0) is 17.7. The molecule has 2 aromatic rings.